The van der Waals surface area contributed by atoms with E-state index < -0.39 is 0 Å². The number of rotatable bonds is 10. The predicted molar refractivity (Wildman–Crippen MR) is 75.2 cm³/mol. The van der Waals surface area contributed by atoms with E-state index in [1.54, 1.807) is 0 Å². The summed E-state index contributed by atoms with van der Waals surface area (Å²) in [6.45, 7) is 5.80. The maximum atomic E-state index is 9.50. The lowest BCUT2D eigenvalue weighted by Crippen LogP contribution is -2.46. The first-order valence-corrected chi connectivity index (χ1v) is 7.76. The van der Waals surface area contributed by atoms with Gasteiger partial charge >= 0.3 is 0 Å². The maximum absolute atomic E-state index is 9.50. The molecule has 112 valence electrons. The van der Waals surface area contributed by atoms with Gasteiger partial charge in [0.05, 0.1) is 19.8 Å². The highest BCUT2D eigenvalue weighted by Gasteiger charge is 2.31. The van der Waals surface area contributed by atoms with E-state index in [1.165, 1.54) is 12.8 Å². The lowest BCUT2D eigenvalue weighted by molar-refractivity contribution is 0.0843. The van der Waals surface area contributed by atoms with Crippen LogP contribution in [0.15, 0.2) is 0 Å². The van der Waals surface area contributed by atoms with Gasteiger partial charge in [-0.05, 0) is 45.4 Å². The van der Waals surface area contributed by atoms with E-state index >= 15 is 0 Å². The second-order valence-electron chi connectivity index (χ2n) is 6.40. The van der Waals surface area contributed by atoms with E-state index in [1.807, 2.05) is 0 Å². The smallest absolute Gasteiger partial charge is 0.0610 e. The number of aliphatic hydroxyl groups excluding tert-OH is 1. The van der Waals surface area contributed by atoms with Gasteiger partial charge in [-0.15, -0.1) is 0 Å². The van der Waals surface area contributed by atoms with Crippen LogP contribution >= 0.6 is 0 Å². The Labute approximate surface area is 116 Å². The van der Waals surface area contributed by atoms with Gasteiger partial charge in [-0.25, -0.2) is 0 Å². The Morgan fingerprint density at radius 1 is 1.32 bits per heavy atom. The molecule has 0 spiro atoms. The van der Waals surface area contributed by atoms with Crippen LogP contribution < -0.4 is 5.32 Å². The first kappa shape index (κ1) is 15.2. The third-order valence-corrected chi connectivity index (χ3v) is 4.12. The maximum Gasteiger partial charge on any atom is 0.0610 e. The van der Waals surface area contributed by atoms with Gasteiger partial charge in [0.15, 0.2) is 0 Å². The number of ether oxygens (including phenoxy) is 2. The van der Waals surface area contributed by atoms with Crippen molar-refractivity contribution < 1.29 is 14.6 Å². The number of nitrogens with one attached hydrogen (secondary N) is 1. The van der Waals surface area contributed by atoms with Crippen LogP contribution in [0.2, 0.25) is 0 Å². The minimum atomic E-state index is -0.0968. The molecule has 4 nitrogen and oxygen atoms in total. The van der Waals surface area contributed by atoms with Crippen molar-refractivity contribution >= 4 is 0 Å². The van der Waals surface area contributed by atoms with E-state index in [9.17, 15) is 5.11 Å². The lowest BCUT2D eigenvalue weighted by atomic mass is 9.95. The van der Waals surface area contributed by atoms with Gasteiger partial charge in [0.1, 0.15) is 0 Å². The SMILES string of the molecule is CC(CO)(CCCCOCC1CCOC1)NC1CC1. The van der Waals surface area contributed by atoms with Gasteiger partial charge in [0.25, 0.3) is 0 Å². The zero-order valence-corrected chi connectivity index (χ0v) is 12.2. The van der Waals surface area contributed by atoms with E-state index in [4.69, 9.17) is 9.47 Å². The third-order valence-electron chi connectivity index (χ3n) is 4.12. The molecule has 1 aliphatic carbocycles. The van der Waals surface area contributed by atoms with Gasteiger partial charge in [-0.1, -0.05) is 0 Å². The zero-order chi connectivity index (χ0) is 13.6. The van der Waals surface area contributed by atoms with E-state index in [-0.39, 0.29) is 12.1 Å². The molecule has 0 radical (unpaired) electrons. The zero-order valence-electron chi connectivity index (χ0n) is 12.2. The summed E-state index contributed by atoms with van der Waals surface area (Å²) >= 11 is 0. The minimum Gasteiger partial charge on any atom is -0.394 e. The largest absolute Gasteiger partial charge is 0.394 e. The minimum absolute atomic E-state index is 0.0968. The number of hydrogen-bond acceptors (Lipinski definition) is 4. The van der Waals surface area contributed by atoms with Crippen LogP contribution in [0.5, 0.6) is 0 Å². The van der Waals surface area contributed by atoms with Crippen LogP contribution in [-0.2, 0) is 9.47 Å². The van der Waals surface area contributed by atoms with Crippen molar-refractivity contribution in [3.8, 4) is 0 Å². The monoisotopic (exact) mass is 271 g/mol. The molecule has 1 saturated carbocycles. The molecule has 0 aromatic heterocycles. The summed E-state index contributed by atoms with van der Waals surface area (Å²) in [5.74, 6) is 0.610. The average molecular weight is 271 g/mol. The second-order valence-corrected chi connectivity index (χ2v) is 6.40. The summed E-state index contributed by atoms with van der Waals surface area (Å²) in [5, 5.41) is 13.0. The number of unbranched alkanes of at least 4 members (excludes halogenated alkanes) is 1. The summed E-state index contributed by atoms with van der Waals surface area (Å²) in [6, 6.07) is 0.649. The molecule has 2 fully saturated rings. The molecular formula is C15H29NO3. The molecule has 0 bridgehead atoms. The summed E-state index contributed by atoms with van der Waals surface area (Å²) in [5.41, 5.74) is -0.0968. The lowest BCUT2D eigenvalue weighted by Gasteiger charge is -2.29. The topological polar surface area (TPSA) is 50.7 Å². The predicted octanol–water partition coefficient (Wildman–Crippen LogP) is 1.71. The summed E-state index contributed by atoms with van der Waals surface area (Å²) in [4.78, 5) is 0. The Bertz CT molecular complexity index is 252. The van der Waals surface area contributed by atoms with Crippen molar-refractivity contribution in [1.82, 2.24) is 5.32 Å². The van der Waals surface area contributed by atoms with Gasteiger partial charge in [-0.3, -0.25) is 0 Å². The van der Waals surface area contributed by atoms with Crippen LogP contribution in [0.25, 0.3) is 0 Å². The summed E-state index contributed by atoms with van der Waals surface area (Å²) in [7, 11) is 0. The molecule has 1 aliphatic heterocycles. The van der Waals surface area contributed by atoms with Crippen LogP contribution in [0, 0.1) is 5.92 Å². The standard InChI is InChI=1S/C15H29NO3/c1-15(12-17,16-14-4-5-14)7-2-3-8-18-10-13-6-9-19-11-13/h13-14,16-17H,2-12H2,1H3. The molecule has 19 heavy (non-hydrogen) atoms. The molecule has 0 aromatic rings. The van der Waals surface area contributed by atoms with E-state index in [2.05, 4.69) is 12.2 Å². The van der Waals surface area contributed by atoms with Crippen LogP contribution in [-0.4, -0.2) is 49.7 Å². The van der Waals surface area contributed by atoms with Crippen LogP contribution in [0.1, 0.15) is 45.4 Å². The Hall–Kier alpha value is -0.160. The highest BCUT2D eigenvalue weighted by Crippen LogP contribution is 2.24. The Morgan fingerprint density at radius 2 is 2.16 bits per heavy atom. The number of aliphatic hydroxyl groups is 1. The van der Waals surface area contributed by atoms with Crippen LogP contribution in [0.3, 0.4) is 0 Å². The molecule has 2 atom stereocenters. The Morgan fingerprint density at radius 3 is 2.79 bits per heavy atom. The van der Waals surface area contributed by atoms with Gasteiger partial charge in [0, 0.05) is 30.7 Å². The fourth-order valence-electron chi connectivity index (χ4n) is 2.60. The summed E-state index contributed by atoms with van der Waals surface area (Å²) < 4.78 is 11.0. The molecule has 0 amide bonds. The van der Waals surface area contributed by atoms with Crippen molar-refractivity contribution in [2.24, 2.45) is 5.92 Å². The molecule has 2 aliphatic rings. The number of hydrogen-bond donors (Lipinski definition) is 2. The van der Waals surface area contributed by atoms with Crippen molar-refractivity contribution in [3.63, 3.8) is 0 Å². The molecule has 2 rings (SSSR count). The second kappa shape index (κ2) is 7.58. The van der Waals surface area contributed by atoms with E-state index in [0.29, 0.717) is 12.0 Å². The Kier molecular flexibility index (Phi) is 6.07. The first-order chi connectivity index (χ1) is 9.22. The Balaban J connectivity index is 1.47. The van der Waals surface area contributed by atoms with Gasteiger partial charge < -0.3 is 19.9 Å². The molecule has 1 saturated heterocycles. The normalized spacial score (nSPS) is 26.5. The fraction of sp³-hybridized carbons (Fsp3) is 1.00. The van der Waals surface area contributed by atoms with Gasteiger partial charge in [0.2, 0.25) is 0 Å². The molecular weight excluding hydrogens is 242 g/mol. The van der Waals surface area contributed by atoms with Crippen molar-refractivity contribution in [1.29, 1.82) is 0 Å². The molecule has 0 aromatic carbocycles. The van der Waals surface area contributed by atoms with Gasteiger partial charge in [-0.2, -0.15) is 0 Å². The molecule has 4 heteroatoms. The quantitative estimate of drug-likeness (QED) is 0.594. The van der Waals surface area contributed by atoms with Crippen LogP contribution in [0.4, 0.5) is 0 Å². The molecule has 2 N–H and O–H groups in total. The average Bonchev–Trinajstić information content (AvgIpc) is 3.06. The van der Waals surface area contributed by atoms with Crippen molar-refractivity contribution in [3.05, 3.63) is 0 Å². The summed E-state index contributed by atoms with van der Waals surface area (Å²) in [6.07, 6.45) is 6.89. The first-order valence-electron chi connectivity index (χ1n) is 7.76. The van der Waals surface area contributed by atoms with Crippen molar-refractivity contribution in [2.75, 3.05) is 33.0 Å². The third kappa shape index (κ3) is 5.78. The highest BCUT2D eigenvalue weighted by atomic mass is 16.5. The highest BCUT2D eigenvalue weighted by molar-refractivity contribution is 4.92. The fourth-order valence-corrected chi connectivity index (χ4v) is 2.60. The van der Waals surface area contributed by atoms with E-state index in [0.717, 1.165) is 52.1 Å². The molecule has 1 heterocycles. The van der Waals surface area contributed by atoms with Crippen molar-refractivity contribution in [2.45, 2.75) is 57.0 Å². The molecule has 2 unspecified atom stereocenters.